The van der Waals surface area contributed by atoms with Crippen LogP contribution in [0.3, 0.4) is 0 Å². The van der Waals surface area contributed by atoms with Gasteiger partial charge >= 0.3 is 0 Å². The fourth-order valence-electron chi connectivity index (χ4n) is 2.81. The summed E-state index contributed by atoms with van der Waals surface area (Å²) in [6.07, 6.45) is 0.667. The Kier molecular flexibility index (Phi) is 8.16. The van der Waals surface area contributed by atoms with E-state index >= 15 is 0 Å². The van der Waals surface area contributed by atoms with Crippen LogP contribution in [0.2, 0.25) is 0 Å². The number of amides is 1. The van der Waals surface area contributed by atoms with Crippen LogP contribution in [0.15, 0.2) is 59.5 Å². The molecule has 0 saturated heterocycles. The van der Waals surface area contributed by atoms with Gasteiger partial charge in [0.05, 0.1) is 10.6 Å². The molecule has 2 aromatic carbocycles. The molecule has 1 N–H and O–H groups in total. The minimum atomic E-state index is -3.87. The molecule has 29 heavy (non-hydrogen) atoms. The van der Waals surface area contributed by atoms with E-state index in [-0.39, 0.29) is 22.1 Å². The maximum atomic E-state index is 13.3. The molecule has 5 nitrogen and oxygen atoms in total. The zero-order valence-electron chi connectivity index (χ0n) is 17.5. The molecular weight excluding hydrogens is 404 g/mol. The van der Waals surface area contributed by atoms with Crippen molar-refractivity contribution in [2.45, 2.75) is 43.8 Å². The lowest BCUT2D eigenvalue weighted by Crippen LogP contribution is -2.42. The molecule has 0 bridgehead atoms. The van der Waals surface area contributed by atoms with E-state index in [2.05, 4.69) is 26.1 Å². The molecule has 0 saturated carbocycles. The second kappa shape index (κ2) is 10.2. The second-order valence-electron chi connectivity index (χ2n) is 7.62. The topological polar surface area (TPSA) is 66.5 Å². The number of rotatable bonds is 9. The molecule has 0 atom stereocenters. The molecular formula is C22H30N2O3S2. The van der Waals surface area contributed by atoms with Crippen LogP contribution in [0.25, 0.3) is 0 Å². The number of benzene rings is 2. The SMILES string of the molecule is CCc1ccccc1N(CC(=O)NCCSC(C)(C)C)S(=O)(=O)c1ccccc1. The quantitative estimate of drug-likeness (QED) is 0.604. The van der Waals surface area contributed by atoms with Gasteiger partial charge in [0.25, 0.3) is 10.0 Å². The number of carbonyl (C=O) groups is 1. The third-order valence-electron chi connectivity index (χ3n) is 4.22. The molecule has 2 rings (SSSR count). The lowest BCUT2D eigenvalue weighted by Gasteiger charge is -2.26. The first-order valence-corrected chi connectivity index (χ1v) is 12.1. The van der Waals surface area contributed by atoms with E-state index in [1.165, 1.54) is 4.31 Å². The first kappa shape index (κ1) is 23.3. The Morgan fingerprint density at radius 3 is 2.28 bits per heavy atom. The summed E-state index contributed by atoms with van der Waals surface area (Å²) >= 11 is 1.75. The van der Waals surface area contributed by atoms with Crippen LogP contribution in [-0.2, 0) is 21.2 Å². The smallest absolute Gasteiger partial charge is 0.264 e. The number of sulfonamides is 1. The third-order valence-corrected chi connectivity index (χ3v) is 7.27. The summed E-state index contributed by atoms with van der Waals surface area (Å²) in [5.41, 5.74) is 1.42. The van der Waals surface area contributed by atoms with E-state index < -0.39 is 10.0 Å². The standard InChI is InChI=1S/C22H30N2O3S2/c1-5-18-11-9-10-14-20(18)24(29(26,27)19-12-7-6-8-13-19)17-21(25)23-15-16-28-22(2,3)4/h6-14H,5,15-17H2,1-4H3,(H,23,25). The van der Waals surface area contributed by atoms with Crippen molar-refractivity contribution in [2.75, 3.05) is 23.1 Å². The third kappa shape index (κ3) is 6.78. The number of hydrogen-bond donors (Lipinski definition) is 1. The van der Waals surface area contributed by atoms with Gasteiger partial charge in [-0.2, -0.15) is 11.8 Å². The first-order valence-electron chi connectivity index (χ1n) is 9.71. The van der Waals surface area contributed by atoms with E-state index in [4.69, 9.17) is 0 Å². The van der Waals surface area contributed by atoms with Gasteiger partial charge in [0, 0.05) is 17.0 Å². The van der Waals surface area contributed by atoms with Crippen LogP contribution < -0.4 is 9.62 Å². The zero-order chi connectivity index (χ0) is 21.5. The van der Waals surface area contributed by atoms with Crippen molar-refractivity contribution < 1.29 is 13.2 Å². The molecule has 0 radical (unpaired) electrons. The predicted molar refractivity (Wildman–Crippen MR) is 122 cm³/mol. The lowest BCUT2D eigenvalue weighted by atomic mass is 10.1. The maximum absolute atomic E-state index is 13.3. The van der Waals surface area contributed by atoms with Crippen LogP contribution >= 0.6 is 11.8 Å². The summed E-state index contributed by atoms with van der Waals surface area (Å²) < 4.78 is 28.0. The van der Waals surface area contributed by atoms with E-state index in [0.717, 1.165) is 11.3 Å². The Morgan fingerprint density at radius 1 is 1.03 bits per heavy atom. The molecule has 0 fully saturated rings. The Bertz CT molecular complexity index is 907. The molecule has 0 aliphatic rings. The van der Waals surface area contributed by atoms with Crippen LogP contribution in [0, 0.1) is 0 Å². The van der Waals surface area contributed by atoms with Gasteiger partial charge in [-0.1, -0.05) is 64.1 Å². The van der Waals surface area contributed by atoms with Gasteiger partial charge in [-0.25, -0.2) is 8.42 Å². The fourth-order valence-corrected chi connectivity index (χ4v) is 5.10. The van der Waals surface area contributed by atoms with Crippen molar-refractivity contribution in [3.05, 3.63) is 60.2 Å². The number of nitrogens with zero attached hydrogens (tertiary/aromatic N) is 1. The lowest BCUT2D eigenvalue weighted by molar-refractivity contribution is -0.119. The van der Waals surface area contributed by atoms with Crippen LogP contribution in [0.4, 0.5) is 5.69 Å². The monoisotopic (exact) mass is 434 g/mol. The highest BCUT2D eigenvalue weighted by atomic mass is 32.2. The van der Waals surface area contributed by atoms with Gasteiger partial charge in [-0.15, -0.1) is 0 Å². The Hall–Kier alpha value is -1.99. The highest BCUT2D eigenvalue weighted by Crippen LogP contribution is 2.27. The van der Waals surface area contributed by atoms with Gasteiger partial charge in [-0.05, 0) is 30.2 Å². The second-order valence-corrected chi connectivity index (χ2v) is 11.4. The molecule has 2 aromatic rings. The number of anilines is 1. The summed E-state index contributed by atoms with van der Waals surface area (Å²) in [5, 5.41) is 2.85. The minimum Gasteiger partial charge on any atom is -0.354 e. The fraction of sp³-hybridized carbons (Fsp3) is 0.409. The first-order chi connectivity index (χ1) is 13.6. The molecule has 0 aliphatic heterocycles. The summed E-state index contributed by atoms with van der Waals surface area (Å²) in [4.78, 5) is 12.8. The summed E-state index contributed by atoms with van der Waals surface area (Å²) in [6, 6.07) is 15.5. The predicted octanol–water partition coefficient (Wildman–Crippen LogP) is 4.09. The molecule has 0 spiro atoms. The van der Waals surface area contributed by atoms with Crippen LogP contribution in [-0.4, -0.2) is 37.9 Å². The van der Waals surface area contributed by atoms with E-state index in [1.54, 1.807) is 54.2 Å². The average Bonchev–Trinajstić information content (AvgIpc) is 2.69. The van der Waals surface area contributed by atoms with Crippen LogP contribution in [0.1, 0.15) is 33.3 Å². The Balaban J connectivity index is 2.26. The molecule has 0 unspecified atom stereocenters. The van der Waals surface area contributed by atoms with Crippen molar-refractivity contribution in [3.63, 3.8) is 0 Å². The van der Waals surface area contributed by atoms with E-state index in [9.17, 15) is 13.2 Å². The Morgan fingerprint density at radius 2 is 1.66 bits per heavy atom. The number of aryl methyl sites for hydroxylation is 1. The van der Waals surface area contributed by atoms with Crippen molar-refractivity contribution in [1.29, 1.82) is 0 Å². The van der Waals surface area contributed by atoms with Crippen LogP contribution in [0.5, 0.6) is 0 Å². The molecule has 0 heterocycles. The number of nitrogens with one attached hydrogen (secondary N) is 1. The van der Waals surface area contributed by atoms with Crippen molar-refractivity contribution >= 4 is 33.4 Å². The highest BCUT2D eigenvalue weighted by Gasteiger charge is 2.28. The summed E-state index contributed by atoms with van der Waals surface area (Å²) in [7, 11) is -3.87. The Labute approximate surface area is 178 Å². The zero-order valence-corrected chi connectivity index (χ0v) is 19.1. The maximum Gasteiger partial charge on any atom is 0.264 e. The number of carbonyl (C=O) groups excluding carboxylic acids is 1. The number of para-hydroxylation sites is 1. The molecule has 1 amide bonds. The summed E-state index contributed by atoms with van der Waals surface area (Å²) in [6.45, 7) is 8.57. The largest absolute Gasteiger partial charge is 0.354 e. The normalized spacial score (nSPS) is 11.9. The highest BCUT2D eigenvalue weighted by molar-refractivity contribution is 8.00. The van der Waals surface area contributed by atoms with Crippen molar-refractivity contribution in [1.82, 2.24) is 5.32 Å². The number of hydrogen-bond acceptors (Lipinski definition) is 4. The van der Waals surface area contributed by atoms with Gasteiger partial charge in [0.2, 0.25) is 5.91 Å². The van der Waals surface area contributed by atoms with Gasteiger partial charge in [0.15, 0.2) is 0 Å². The average molecular weight is 435 g/mol. The van der Waals surface area contributed by atoms with Crippen molar-refractivity contribution in [2.24, 2.45) is 0 Å². The van der Waals surface area contributed by atoms with Gasteiger partial charge in [-0.3, -0.25) is 9.10 Å². The molecule has 7 heteroatoms. The van der Waals surface area contributed by atoms with Crippen molar-refractivity contribution in [3.8, 4) is 0 Å². The molecule has 0 aromatic heterocycles. The van der Waals surface area contributed by atoms with Gasteiger partial charge < -0.3 is 5.32 Å². The molecule has 158 valence electrons. The van der Waals surface area contributed by atoms with Gasteiger partial charge in [0.1, 0.15) is 6.54 Å². The van der Waals surface area contributed by atoms with E-state index in [0.29, 0.717) is 18.7 Å². The minimum absolute atomic E-state index is 0.119. The van der Waals surface area contributed by atoms with E-state index in [1.807, 2.05) is 19.1 Å². The number of thioether (sulfide) groups is 1. The molecule has 0 aliphatic carbocycles. The summed E-state index contributed by atoms with van der Waals surface area (Å²) in [5.74, 6) is 0.455.